The number of carbonyl (C=O) groups excluding carboxylic acids is 1. The summed E-state index contributed by atoms with van der Waals surface area (Å²) in [5.41, 5.74) is 2.23. The van der Waals surface area contributed by atoms with Crippen LogP contribution in [0, 0.1) is 0 Å². The first kappa shape index (κ1) is 23.8. The first-order chi connectivity index (χ1) is 16.5. The molecule has 1 N–H and O–H groups in total. The molecule has 0 saturated heterocycles. The molecule has 0 fully saturated rings. The van der Waals surface area contributed by atoms with Crippen LogP contribution in [0.2, 0.25) is 0 Å². The van der Waals surface area contributed by atoms with Gasteiger partial charge in [-0.2, -0.15) is 0 Å². The summed E-state index contributed by atoms with van der Waals surface area (Å²) in [5, 5.41) is 5.34. The highest BCUT2D eigenvalue weighted by Gasteiger charge is 2.45. The minimum absolute atomic E-state index is 0.162. The monoisotopic (exact) mass is 481 g/mol. The van der Waals surface area contributed by atoms with Gasteiger partial charge < -0.3 is 9.47 Å². The van der Waals surface area contributed by atoms with E-state index < -0.39 is 6.17 Å². The molecule has 2 aromatic carbocycles. The molecule has 4 rings (SSSR count). The molecule has 1 atom stereocenters. The average Bonchev–Trinajstić information content (AvgIpc) is 2.85. The van der Waals surface area contributed by atoms with Crippen LogP contribution < -0.4 is 24.6 Å². The normalized spacial score (nSPS) is 14.4. The van der Waals surface area contributed by atoms with Crippen molar-refractivity contribution in [2.45, 2.75) is 44.4 Å². The lowest BCUT2D eigenvalue weighted by molar-refractivity contribution is -0.763. The van der Waals surface area contributed by atoms with Crippen molar-refractivity contribution in [2.75, 3.05) is 24.9 Å². The fraction of sp³-hybridized carbons (Fsp3) is 0.360. The van der Waals surface area contributed by atoms with Gasteiger partial charge in [-0.15, -0.1) is 0 Å². The van der Waals surface area contributed by atoms with E-state index in [0.29, 0.717) is 33.6 Å². The van der Waals surface area contributed by atoms with Crippen LogP contribution >= 0.6 is 11.8 Å². The van der Waals surface area contributed by atoms with E-state index in [1.807, 2.05) is 36.4 Å². The number of carbonyl (C=O) groups is 1. The molecule has 8 nitrogen and oxygen atoms in total. The van der Waals surface area contributed by atoms with Gasteiger partial charge in [-0.25, -0.2) is 4.90 Å². The molecule has 0 spiro atoms. The van der Waals surface area contributed by atoms with Crippen LogP contribution in [0.4, 0.5) is 5.69 Å². The quantitative estimate of drug-likeness (QED) is 0.298. The number of thioether (sulfide) groups is 1. The number of hydrogen-bond acceptors (Lipinski definition) is 6. The number of fused-ring (bicyclic) bond motifs is 3. The summed E-state index contributed by atoms with van der Waals surface area (Å²) in [6.45, 7) is 3.67. The van der Waals surface area contributed by atoms with Gasteiger partial charge in [-0.05, 0) is 41.4 Å². The van der Waals surface area contributed by atoms with Gasteiger partial charge in [-0.1, -0.05) is 43.7 Å². The van der Waals surface area contributed by atoms with Crippen LogP contribution in [0.3, 0.4) is 0 Å². The van der Waals surface area contributed by atoms with Crippen molar-refractivity contribution in [1.82, 2.24) is 10.1 Å². The highest BCUT2D eigenvalue weighted by Crippen LogP contribution is 2.39. The number of hydrogen-bond donors (Lipinski definition) is 1. The van der Waals surface area contributed by atoms with Crippen LogP contribution in [-0.2, 0) is 4.79 Å². The first-order valence-corrected chi connectivity index (χ1v) is 12.3. The minimum Gasteiger partial charge on any atom is -0.493 e. The Kier molecular flexibility index (Phi) is 7.21. The van der Waals surface area contributed by atoms with Crippen LogP contribution in [0.1, 0.15) is 44.8 Å². The van der Waals surface area contributed by atoms with Gasteiger partial charge >= 0.3 is 11.3 Å². The summed E-state index contributed by atoms with van der Waals surface area (Å²) in [7, 11) is 3.14. The Balaban J connectivity index is 1.93. The standard InChI is InChI=1S/C25H28N4O4S/c1-5-6-9-14-34-25-26-23(31)22-18-10-7-8-11-19(18)28(16(2)30)24(29(22)27-25)17-12-13-20(32-3)21(15-17)33-4/h7-8,10-13,15,24H,5-6,9,14H2,1-4H3/p+1/t24-/m1/s1. The van der Waals surface area contributed by atoms with Gasteiger partial charge in [0.2, 0.25) is 11.1 Å². The lowest BCUT2D eigenvalue weighted by Crippen LogP contribution is -2.60. The Bertz CT molecular complexity index is 1260. The topological polar surface area (TPSA) is 88.4 Å². The Morgan fingerprint density at radius 1 is 1.15 bits per heavy atom. The van der Waals surface area contributed by atoms with E-state index in [4.69, 9.17) is 14.6 Å². The molecule has 0 bridgehead atoms. The molecule has 9 heteroatoms. The number of H-pyrrole nitrogens is 1. The molecule has 2 heterocycles. The van der Waals surface area contributed by atoms with E-state index in [0.717, 1.165) is 30.6 Å². The summed E-state index contributed by atoms with van der Waals surface area (Å²) < 4.78 is 12.6. The number of unbranched alkanes of at least 4 members (excludes halogenated alkanes) is 2. The average molecular weight is 482 g/mol. The van der Waals surface area contributed by atoms with Crippen LogP contribution in [-0.4, -0.2) is 36.0 Å². The van der Waals surface area contributed by atoms with E-state index in [-0.39, 0.29) is 11.5 Å². The van der Waals surface area contributed by atoms with Crippen molar-refractivity contribution in [2.24, 2.45) is 0 Å². The Morgan fingerprint density at radius 2 is 1.91 bits per heavy atom. The summed E-state index contributed by atoms with van der Waals surface area (Å²) in [5.74, 6) is 1.80. The SMILES string of the molecule is CCCCCSc1n[n+]2c(c(=O)[nH]1)-c1ccccc1N(C(C)=O)[C@H]2c1ccc(OC)c(OC)c1. The number of para-hydroxylation sites is 1. The molecular formula is C25H29N4O4S+. The maximum atomic E-state index is 13.3. The third kappa shape index (κ3) is 4.40. The molecular weight excluding hydrogens is 452 g/mol. The zero-order valence-electron chi connectivity index (χ0n) is 19.8. The number of aromatic nitrogens is 3. The second kappa shape index (κ2) is 10.3. The number of benzene rings is 2. The highest BCUT2D eigenvalue weighted by molar-refractivity contribution is 7.99. The Hall–Kier alpha value is -3.33. The summed E-state index contributed by atoms with van der Waals surface area (Å²) in [4.78, 5) is 30.9. The zero-order valence-corrected chi connectivity index (χ0v) is 20.6. The molecule has 1 aliphatic heterocycles. The molecule has 178 valence electrons. The summed E-state index contributed by atoms with van der Waals surface area (Å²) in [6.07, 6.45) is 2.61. The predicted molar refractivity (Wildman–Crippen MR) is 132 cm³/mol. The van der Waals surface area contributed by atoms with Gasteiger partial charge in [0.05, 0.1) is 25.5 Å². The number of rotatable bonds is 8. The largest absolute Gasteiger partial charge is 0.493 e. The fourth-order valence-electron chi connectivity index (χ4n) is 4.21. The third-order valence-electron chi connectivity index (χ3n) is 5.79. The van der Waals surface area contributed by atoms with E-state index in [9.17, 15) is 9.59 Å². The van der Waals surface area contributed by atoms with Gasteiger partial charge in [0.1, 0.15) is 0 Å². The van der Waals surface area contributed by atoms with Gasteiger partial charge in [-0.3, -0.25) is 14.6 Å². The van der Waals surface area contributed by atoms with Crippen LogP contribution in [0.15, 0.2) is 52.4 Å². The highest BCUT2D eigenvalue weighted by atomic mass is 32.2. The lowest BCUT2D eigenvalue weighted by Gasteiger charge is -2.31. The van der Waals surface area contributed by atoms with E-state index in [2.05, 4.69) is 11.9 Å². The fourth-order valence-corrected chi connectivity index (χ4v) is 5.06. The molecule has 0 radical (unpaired) electrons. The van der Waals surface area contributed by atoms with Crippen LogP contribution in [0.5, 0.6) is 11.5 Å². The zero-order chi connectivity index (χ0) is 24.2. The molecule has 1 aromatic heterocycles. The minimum atomic E-state index is -0.667. The van der Waals surface area contributed by atoms with E-state index in [1.54, 1.807) is 29.9 Å². The number of ether oxygens (including phenoxy) is 2. The third-order valence-corrected chi connectivity index (χ3v) is 6.74. The van der Waals surface area contributed by atoms with Crippen molar-refractivity contribution in [1.29, 1.82) is 0 Å². The Labute approximate surface area is 202 Å². The van der Waals surface area contributed by atoms with Gasteiger partial charge in [0, 0.05) is 23.3 Å². The molecule has 3 aromatic rings. The van der Waals surface area contributed by atoms with Crippen LogP contribution in [0.25, 0.3) is 11.3 Å². The molecule has 0 saturated carbocycles. The number of amides is 1. The number of nitrogens with one attached hydrogen (secondary N) is 1. The molecule has 0 unspecified atom stereocenters. The van der Waals surface area contributed by atoms with Gasteiger partial charge in [0.15, 0.2) is 11.5 Å². The molecule has 34 heavy (non-hydrogen) atoms. The Morgan fingerprint density at radius 3 is 2.62 bits per heavy atom. The lowest BCUT2D eigenvalue weighted by atomic mass is 10.0. The van der Waals surface area contributed by atoms with E-state index >= 15 is 0 Å². The van der Waals surface area contributed by atoms with Crippen molar-refractivity contribution in [3.63, 3.8) is 0 Å². The maximum Gasteiger partial charge on any atom is 0.325 e. The molecule has 1 aliphatic rings. The van der Waals surface area contributed by atoms with E-state index in [1.165, 1.54) is 18.7 Å². The van der Waals surface area contributed by atoms with Crippen molar-refractivity contribution >= 4 is 23.4 Å². The molecule has 1 amide bonds. The smallest absolute Gasteiger partial charge is 0.325 e. The second-order valence-electron chi connectivity index (χ2n) is 8.00. The summed E-state index contributed by atoms with van der Waals surface area (Å²) >= 11 is 1.51. The van der Waals surface area contributed by atoms with Crippen molar-refractivity contribution in [3.05, 3.63) is 58.4 Å². The van der Waals surface area contributed by atoms with Crippen molar-refractivity contribution in [3.8, 4) is 22.8 Å². The van der Waals surface area contributed by atoms with Gasteiger partial charge in [0.25, 0.3) is 6.17 Å². The number of nitrogens with zero attached hydrogens (tertiary/aromatic N) is 3. The number of aromatic amines is 1. The predicted octanol–water partition coefficient (Wildman–Crippen LogP) is 3.94. The van der Waals surface area contributed by atoms with Crippen molar-refractivity contribution < 1.29 is 19.0 Å². The number of anilines is 1. The first-order valence-electron chi connectivity index (χ1n) is 11.3. The maximum absolute atomic E-state index is 13.3. The summed E-state index contributed by atoms with van der Waals surface area (Å²) in [6, 6.07) is 12.9. The number of methoxy groups -OCH3 is 2. The second-order valence-corrected chi connectivity index (χ2v) is 9.09. The molecule has 0 aliphatic carbocycles.